The van der Waals surface area contributed by atoms with Gasteiger partial charge >= 0.3 is 0 Å². The molecule has 0 fully saturated rings. The Hall–Kier alpha value is 0.200. The van der Waals surface area contributed by atoms with Crippen LogP contribution in [0.5, 0.6) is 0 Å². The Kier molecular flexibility index (Phi) is 4.67. The van der Waals surface area contributed by atoms with Crippen LogP contribution in [0.2, 0.25) is 0 Å². The molecule has 0 saturated heterocycles. The highest BCUT2D eigenvalue weighted by Gasteiger charge is 2.16. The van der Waals surface area contributed by atoms with Gasteiger partial charge in [0.25, 0.3) is 0 Å². The van der Waals surface area contributed by atoms with Crippen LogP contribution in [0.25, 0.3) is 0 Å². The minimum absolute atomic E-state index is 0.507. The van der Waals surface area contributed by atoms with Crippen molar-refractivity contribution >= 4 is 31.9 Å². The summed E-state index contributed by atoms with van der Waals surface area (Å²) in [4.78, 5) is 0. The smallest absolute Gasteiger partial charge is 0.183 e. The molecule has 0 aliphatic heterocycles. The topological polar surface area (TPSA) is 33.4 Å². The molecule has 2 unspecified atom stereocenters. The van der Waals surface area contributed by atoms with Crippen molar-refractivity contribution in [2.75, 3.05) is 0 Å². The van der Waals surface area contributed by atoms with Crippen LogP contribution in [0, 0.1) is 5.92 Å². The normalized spacial score (nSPS) is 15.5. The first-order valence-electron chi connectivity index (χ1n) is 4.67. The van der Waals surface area contributed by atoms with Gasteiger partial charge in [-0.1, -0.05) is 20.3 Å². The highest BCUT2D eigenvalue weighted by Crippen LogP contribution is 2.32. The summed E-state index contributed by atoms with van der Waals surface area (Å²) < 4.78 is 6.82. The molecule has 2 atom stereocenters. The van der Waals surface area contributed by atoms with Crippen LogP contribution in [-0.2, 0) is 0 Å². The summed E-state index contributed by atoms with van der Waals surface area (Å²) in [5, 5.41) is 9.82. The molecule has 80 valence electrons. The minimum Gasteiger partial charge on any atom is -0.450 e. The lowest BCUT2D eigenvalue weighted by Crippen LogP contribution is -2.02. The van der Waals surface area contributed by atoms with Crippen molar-refractivity contribution in [3.8, 4) is 0 Å². The summed E-state index contributed by atoms with van der Waals surface area (Å²) in [6, 6.07) is 1.80. The lowest BCUT2D eigenvalue weighted by molar-refractivity contribution is 0.121. The third-order valence-corrected chi connectivity index (χ3v) is 4.03. The number of aliphatic hydroxyl groups excluding tert-OH is 1. The molecule has 0 bridgehead atoms. The molecule has 0 spiro atoms. The van der Waals surface area contributed by atoms with Gasteiger partial charge in [0.2, 0.25) is 0 Å². The van der Waals surface area contributed by atoms with E-state index in [9.17, 15) is 5.11 Å². The molecule has 0 amide bonds. The molecule has 0 radical (unpaired) electrons. The van der Waals surface area contributed by atoms with Crippen LogP contribution in [0.1, 0.15) is 38.6 Å². The van der Waals surface area contributed by atoms with Crippen molar-refractivity contribution in [2.24, 2.45) is 5.92 Å². The number of halogens is 2. The standard InChI is InChI=1S/C10H14Br2O2/c1-3-6(2)4-8(13)9-5-7(11)10(12)14-9/h5-6,8,13H,3-4H2,1-2H3. The van der Waals surface area contributed by atoms with Gasteiger partial charge < -0.3 is 9.52 Å². The molecule has 4 heteroatoms. The van der Waals surface area contributed by atoms with Crippen molar-refractivity contribution in [1.82, 2.24) is 0 Å². The fourth-order valence-corrected chi connectivity index (χ4v) is 1.80. The average molecular weight is 326 g/mol. The predicted octanol–water partition coefficient (Wildman–Crippen LogP) is 4.27. The summed E-state index contributed by atoms with van der Waals surface area (Å²) in [5.74, 6) is 1.12. The molecule has 1 aromatic heterocycles. The number of rotatable bonds is 4. The highest BCUT2D eigenvalue weighted by atomic mass is 79.9. The summed E-state index contributed by atoms with van der Waals surface area (Å²) >= 11 is 6.56. The molecule has 2 nitrogen and oxygen atoms in total. The van der Waals surface area contributed by atoms with Crippen LogP contribution in [0.4, 0.5) is 0 Å². The maximum Gasteiger partial charge on any atom is 0.183 e. The third kappa shape index (κ3) is 3.11. The number of hydrogen-bond acceptors (Lipinski definition) is 2. The summed E-state index contributed by atoms with van der Waals surface area (Å²) in [7, 11) is 0. The Bertz CT molecular complexity index is 277. The van der Waals surface area contributed by atoms with Gasteiger partial charge in [0.15, 0.2) is 4.67 Å². The predicted molar refractivity (Wildman–Crippen MR) is 63.1 cm³/mol. The lowest BCUT2D eigenvalue weighted by atomic mass is 10.00. The Balaban J connectivity index is 2.64. The van der Waals surface area contributed by atoms with E-state index in [2.05, 4.69) is 45.7 Å². The Morgan fingerprint density at radius 1 is 1.50 bits per heavy atom. The molecule has 0 aliphatic carbocycles. The van der Waals surface area contributed by atoms with Gasteiger partial charge in [-0.25, -0.2) is 0 Å². The second-order valence-electron chi connectivity index (χ2n) is 3.54. The SMILES string of the molecule is CCC(C)CC(O)c1cc(Br)c(Br)o1. The van der Waals surface area contributed by atoms with Gasteiger partial charge in [0.05, 0.1) is 4.47 Å². The van der Waals surface area contributed by atoms with Crippen LogP contribution >= 0.6 is 31.9 Å². The molecule has 1 heterocycles. The Morgan fingerprint density at radius 2 is 2.14 bits per heavy atom. The average Bonchev–Trinajstić information content (AvgIpc) is 2.47. The summed E-state index contributed by atoms with van der Waals surface area (Å²) in [6.07, 6.45) is 1.30. The van der Waals surface area contributed by atoms with Gasteiger partial charge in [0.1, 0.15) is 11.9 Å². The number of aliphatic hydroxyl groups is 1. The molecular weight excluding hydrogens is 312 g/mol. The first kappa shape index (κ1) is 12.3. The van der Waals surface area contributed by atoms with E-state index in [4.69, 9.17) is 4.42 Å². The van der Waals surface area contributed by atoms with E-state index < -0.39 is 6.10 Å². The molecule has 1 N–H and O–H groups in total. The molecule has 1 rings (SSSR count). The second-order valence-corrected chi connectivity index (χ2v) is 5.11. The first-order valence-corrected chi connectivity index (χ1v) is 6.26. The zero-order valence-electron chi connectivity index (χ0n) is 8.26. The van der Waals surface area contributed by atoms with E-state index in [1.165, 1.54) is 0 Å². The quantitative estimate of drug-likeness (QED) is 0.896. The van der Waals surface area contributed by atoms with E-state index in [-0.39, 0.29) is 0 Å². The van der Waals surface area contributed by atoms with Crippen LogP contribution in [0.3, 0.4) is 0 Å². The Morgan fingerprint density at radius 3 is 2.57 bits per heavy atom. The Labute approximate surface area is 101 Å². The monoisotopic (exact) mass is 324 g/mol. The van der Waals surface area contributed by atoms with Crippen molar-refractivity contribution in [3.63, 3.8) is 0 Å². The van der Waals surface area contributed by atoms with Crippen LogP contribution in [-0.4, -0.2) is 5.11 Å². The maximum absolute atomic E-state index is 9.82. The van der Waals surface area contributed by atoms with Crippen LogP contribution < -0.4 is 0 Å². The van der Waals surface area contributed by atoms with E-state index in [0.717, 1.165) is 17.3 Å². The largest absolute Gasteiger partial charge is 0.450 e. The van der Waals surface area contributed by atoms with E-state index in [1.54, 1.807) is 6.07 Å². The van der Waals surface area contributed by atoms with Gasteiger partial charge in [-0.15, -0.1) is 0 Å². The zero-order chi connectivity index (χ0) is 10.7. The zero-order valence-corrected chi connectivity index (χ0v) is 11.4. The van der Waals surface area contributed by atoms with Gasteiger partial charge in [-0.3, -0.25) is 0 Å². The molecule has 1 aromatic rings. The molecule has 14 heavy (non-hydrogen) atoms. The van der Waals surface area contributed by atoms with Crippen LogP contribution in [0.15, 0.2) is 19.6 Å². The molecular formula is C10H14Br2O2. The molecule has 0 saturated carbocycles. The lowest BCUT2D eigenvalue weighted by Gasteiger charge is -2.12. The molecule has 0 aromatic carbocycles. The third-order valence-electron chi connectivity index (χ3n) is 2.32. The van der Waals surface area contributed by atoms with Crippen molar-refractivity contribution in [2.45, 2.75) is 32.8 Å². The minimum atomic E-state index is -0.507. The first-order chi connectivity index (χ1) is 6.54. The molecule has 0 aliphatic rings. The van der Waals surface area contributed by atoms with Gasteiger partial charge in [-0.2, -0.15) is 0 Å². The van der Waals surface area contributed by atoms with E-state index in [1.807, 2.05) is 0 Å². The number of hydrogen-bond donors (Lipinski definition) is 1. The van der Waals surface area contributed by atoms with Crippen molar-refractivity contribution in [1.29, 1.82) is 0 Å². The fourth-order valence-electron chi connectivity index (χ4n) is 1.19. The summed E-state index contributed by atoms with van der Waals surface area (Å²) in [5.41, 5.74) is 0. The van der Waals surface area contributed by atoms with Gasteiger partial charge in [0, 0.05) is 0 Å². The van der Waals surface area contributed by atoms with Crippen molar-refractivity contribution in [3.05, 3.63) is 21.0 Å². The fraction of sp³-hybridized carbons (Fsp3) is 0.600. The maximum atomic E-state index is 9.82. The van der Waals surface area contributed by atoms with E-state index in [0.29, 0.717) is 16.3 Å². The van der Waals surface area contributed by atoms with Gasteiger partial charge in [-0.05, 0) is 50.3 Å². The number of furan rings is 1. The van der Waals surface area contributed by atoms with E-state index >= 15 is 0 Å². The van der Waals surface area contributed by atoms with Crippen molar-refractivity contribution < 1.29 is 9.52 Å². The summed E-state index contributed by atoms with van der Waals surface area (Å²) in [6.45, 7) is 4.24. The second kappa shape index (κ2) is 5.33. The highest BCUT2D eigenvalue weighted by molar-refractivity contribution is 9.13.